The number of aromatic amines is 1. The van der Waals surface area contributed by atoms with Gasteiger partial charge in [0.1, 0.15) is 0 Å². The number of benzene rings is 1. The Bertz CT molecular complexity index is 600. The molecule has 1 heterocycles. The van der Waals surface area contributed by atoms with Gasteiger partial charge in [-0.1, -0.05) is 23.2 Å². The van der Waals surface area contributed by atoms with Crippen molar-refractivity contribution in [3.63, 3.8) is 0 Å². The van der Waals surface area contributed by atoms with E-state index in [-0.39, 0.29) is 27.3 Å². The van der Waals surface area contributed by atoms with Crippen LogP contribution in [0.5, 0.6) is 5.75 Å². The number of aromatic nitrogens is 4. The molecular weight excluding hydrogens is 319 g/mol. The largest absolute Gasteiger partial charge is 0.432 e. The highest BCUT2D eigenvalue weighted by Crippen LogP contribution is 2.36. The van der Waals surface area contributed by atoms with Crippen LogP contribution in [0.3, 0.4) is 0 Å². The number of H-pyrrole nitrogens is 1. The number of rotatable bonds is 4. The van der Waals surface area contributed by atoms with E-state index in [0.29, 0.717) is 0 Å². The van der Waals surface area contributed by atoms with E-state index in [1.807, 2.05) is 0 Å². The zero-order valence-electron chi connectivity index (χ0n) is 9.40. The number of nitrogens with zero attached hydrogens (tertiary/aromatic N) is 3. The monoisotopic (exact) mass is 323 g/mol. The summed E-state index contributed by atoms with van der Waals surface area (Å²) in [7, 11) is 0. The van der Waals surface area contributed by atoms with E-state index >= 15 is 0 Å². The molecule has 0 saturated carbocycles. The molecular formula is C9H5Cl2F2N5O2. The first-order valence-corrected chi connectivity index (χ1v) is 5.71. The third-order valence-corrected chi connectivity index (χ3v) is 2.57. The van der Waals surface area contributed by atoms with Crippen LogP contribution in [0.25, 0.3) is 0 Å². The second kappa shape index (κ2) is 5.97. The zero-order valence-corrected chi connectivity index (χ0v) is 10.9. The van der Waals surface area contributed by atoms with Gasteiger partial charge in [0.2, 0.25) is 0 Å². The highest BCUT2D eigenvalue weighted by atomic mass is 35.5. The number of tetrazole rings is 1. The number of carbonyl (C=O) groups is 1. The Hall–Kier alpha value is -2.00. The number of nitrogens with one attached hydrogen (secondary N) is 2. The number of halogens is 4. The molecule has 2 aromatic rings. The van der Waals surface area contributed by atoms with Crippen LogP contribution in [0.2, 0.25) is 10.0 Å². The van der Waals surface area contributed by atoms with Crippen molar-refractivity contribution in [2.24, 2.45) is 0 Å². The number of hydrogen-bond acceptors (Lipinski definition) is 5. The SMILES string of the molecule is O=C(Nc1cc(Cl)c(OC(F)F)c(Cl)c1)c1nn[nH]n1. The maximum absolute atomic E-state index is 12.1. The van der Waals surface area contributed by atoms with Crippen molar-refractivity contribution in [1.82, 2.24) is 20.6 Å². The molecule has 0 aliphatic carbocycles. The van der Waals surface area contributed by atoms with Gasteiger partial charge in [-0.15, -0.1) is 10.2 Å². The Labute approximate surface area is 120 Å². The number of ether oxygens (including phenoxy) is 1. The maximum atomic E-state index is 12.1. The lowest BCUT2D eigenvalue weighted by molar-refractivity contribution is -0.0497. The van der Waals surface area contributed by atoms with Crippen LogP contribution in [0.15, 0.2) is 12.1 Å². The summed E-state index contributed by atoms with van der Waals surface area (Å²) in [6, 6.07) is 2.40. The van der Waals surface area contributed by atoms with Crippen LogP contribution in [0.1, 0.15) is 10.6 Å². The van der Waals surface area contributed by atoms with Crippen LogP contribution in [0, 0.1) is 0 Å². The number of alkyl halides is 2. The average molecular weight is 324 g/mol. The minimum atomic E-state index is -3.07. The molecule has 0 saturated heterocycles. The smallest absolute Gasteiger partial charge is 0.387 e. The molecule has 1 aromatic heterocycles. The van der Waals surface area contributed by atoms with Gasteiger partial charge in [-0.05, 0) is 17.3 Å². The Balaban J connectivity index is 2.20. The van der Waals surface area contributed by atoms with E-state index in [0.717, 1.165) is 0 Å². The fraction of sp³-hybridized carbons (Fsp3) is 0.111. The van der Waals surface area contributed by atoms with Crippen LogP contribution in [-0.4, -0.2) is 33.1 Å². The van der Waals surface area contributed by atoms with Gasteiger partial charge in [0.15, 0.2) is 5.75 Å². The van der Waals surface area contributed by atoms with E-state index in [1.165, 1.54) is 12.1 Å². The predicted molar refractivity (Wildman–Crippen MR) is 65.2 cm³/mol. The molecule has 0 atom stereocenters. The van der Waals surface area contributed by atoms with Gasteiger partial charge in [0.25, 0.3) is 11.7 Å². The molecule has 20 heavy (non-hydrogen) atoms. The second-order valence-electron chi connectivity index (χ2n) is 3.34. The molecule has 0 aliphatic heterocycles. The lowest BCUT2D eigenvalue weighted by Gasteiger charge is -2.11. The van der Waals surface area contributed by atoms with Crippen molar-refractivity contribution in [3.05, 3.63) is 28.0 Å². The minimum Gasteiger partial charge on any atom is -0.432 e. The van der Waals surface area contributed by atoms with E-state index in [1.54, 1.807) is 0 Å². The Morgan fingerprint density at radius 1 is 1.35 bits per heavy atom. The predicted octanol–water partition coefficient (Wildman–Crippen LogP) is 2.36. The molecule has 0 unspecified atom stereocenters. The van der Waals surface area contributed by atoms with E-state index < -0.39 is 12.5 Å². The number of carbonyl (C=O) groups excluding carboxylic acids is 1. The van der Waals surface area contributed by atoms with Gasteiger partial charge in [-0.3, -0.25) is 4.79 Å². The van der Waals surface area contributed by atoms with Crippen molar-refractivity contribution in [2.45, 2.75) is 6.61 Å². The molecule has 11 heteroatoms. The highest BCUT2D eigenvalue weighted by Gasteiger charge is 2.16. The van der Waals surface area contributed by atoms with E-state index in [4.69, 9.17) is 23.2 Å². The summed E-state index contributed by atoms with van der Waals surface area (Å²) in [6.45, 7) is -3.07. The molecule has 7 nitrogen and oxygen atoms in total. The van der Waals surface area contributed by atoms with Crippen molar-refractivity contribution in [2.75, 3.05) is 5.32 Å². The van der Waals surface area contributed by atoms with Gasteiger partial charge in [-0.2, -0.15) is 14.0 Å². The third-order valence-electron chi connectivity index (χ3n) is 2.01. The zero-order chi connectivity index (χ0) is 14.7. The third kappa shape index (κ3) is 3.31. The Morgan fingerprint density at radius 3 is 2.50 bits per heavy atom. The Morgan fingerprint density at radius 2 is 2.00 bits per heavy atom. The molecule has 0 aliphatic rings. The fourth-order valence-electron chi connectivity index (χ4n) is 1.28. The van der Waals surface area contributed by atoms with Crippen molar-refractivity contribution < 1.29 is 18.3 Å². The Kier molecular flexibility index (Phi) is 4.30. The van der Waals surface area contributed by atoms with Crippen LogP contribution in [-0.2, 0) is 0 Å². The van der Waals surface area contributed by atoms with Gasteiger partial charge in [-0.25, -0.2) is 0 Å². The van der Waals surface area contributed by atoms with Crippen molar-refractivity contribution in [3.8, 4) is 5.75 Å². The molecule has 2 N–H and O–H groups in total. The summed E-state index contributed by atoms with van der Waals surface area (Å²) in [5.74, 6) is -1.25. The molecule has 0 bridgehead atoms. The van der Waals surface area contributed by atoms with Gasteiger partial charge < -0.3 is 10.1 Å². The summed E-state index contributed by atoms with van der Waals surface area (Å²) >= 11 is 11.5. The van der Waals surface area contributed by atoms with E-state index in [9.17, 15) is 13.6 Å². The van der Waals surface area contributed by atoms with Crippen molar-refractivity contribution >= 4 is 34.8 Å². The number of amides is 1. The lowest BCUT2D eigenvalue weighted by atomic mass is 10.3. The van der Waals surface area contributed by atoms with Gasteiger partial charge in [0.05, 0.1) is 10.0 Å². The van der Waals surface area contributed by atoms with Gasteiger partial charge >= 0.3 is 6.61 Å². The maximum Gasteiger partial charge on any atom is 0.387 e. The molecule has 1 aromatic carbocycles. The average Bonchev–Trinajstić information content (AvgIpc) is 2.87. The molecule has 106 valence electrons. The second-order valence-corrected chi connectivity index (χ2v) is 4.15. The summed E-state index contributed by atoms with van der Waals surface area (Å²) in [5.41, 5.74) is 0.163. The first kappa shape index (κ1) is 14.4. The summed E-state index contributed by atoms with van der Waals surface area (Å²) < 4.78 is 28.4. The first-order chi connectivity index (χ1) is 9.47. The first-order valence-electron chi connectivity index (χ1n) is 4.96. The fourth-order valence-corrected chi connectivity index (χ4v) is 1.85. The highest BCUT2D eigenvalue weighted by molar-refractivity contribution is 6.37. The topological polar surface area (TPSA) is 92.8 Å². The van der Waals surface area contributed by atoms with Crippen LogP contribution >= 0.6 is 23.2 Å². The summed E-state index contributed by atoms with van der Waals surface area (Å²) in [4.78, 5) is 11.6. The normalized spacial score (nSPS) is 10.7. The van der Waals surface area contributed by atoms with Crippen LogP contribution < -0.4 is 10.1 Å². The summed E-state index contributed by atoms with van der Waals surface area (Å²) in [6.07, 6.45) is 0. The van der Waals surface area contributed by atoms with E-state index in [2.05, 4.69) is 30.7 Å². The summed E-state index contributed by atoms with van der Waals surface area (Å²) in [5, 5.41) is 14.3. The number of anilines is 1. The quantitative estimate of drug-likeness (QED) is 0.900. The molecule has 0 radical (unpaired) electrons. The number of hydrogen-bond donors (Lipinski definition) is 2. The lowest BCUT2D eigenvalue weighted by Crippen LogP contribution is -2.14. The molecule has 1 amide bonds. The van der Waals surface area contributed by atoms with Crippen molar-refractivity contribution in [1.29, 1.82) is 0 Å². The molecule has 2 rings (SSSR count). The van der Waals surface area contributed by atoms with Gasteiger partial charge in [0, 0.05) is 5.69 Å². The van der Waals surface area contributed by atoms with Crippen LogP contribution in [0.4, 0.5) is 14.5 Å². The molecule has 0 spiro atoms. The standard InChI is InChI=1S/C9H5Cl2F2N5O2/c10-4-1-3(2-5(11)6(4)20-9(12)13)14-8(19)7-15-17-18-16-7/h1-2,9H,(H,14,19)(H,15,16,17,18). The molecule has 0 fully saturated rings. The minimum absolute atomic E-state index is 0.163.